The van der Waals surface area contributed by atoms with Crippen molar-refractivity contribution >= 4 is 5.69 Å². The lowest BCUT2D eigenvalue weighted by atomic mass is 9.81. The number of nitrogens with one attached hydrogen (secondary N) is 1. The minimum Gasteiger partial charge on any atom is -0.382 e. The van der Waals surface area contributed by atoms with Crippen LogP contribution in [0.4, 0.5) is 5.69 Å². The van der Waals surface area contributed by atoms with Crippen LogP contribution in [0.2, 0.25) is 0 Å². The van der Waals surface area contributed by atoms with Crippen molar-refractivity contribution in [2.24, 2.45) is 11.7 Å². The van der Waals surface area contributed by atoms with Gasteiger partial charge in [-0.05, 0) is 18.1 Å². The number of rotatable bonds is 0. The van der Waals surface area contributed by atoms with Crippen molar-refractivity contribution in [3.05, 3.63) is 29.8 Å². The summed E-state index contributed by atoms with van der Waals surface area (Å²) in [4.78, 5) is 0. The fourth-order valence-corrected chi connectivity index (χ4v) is 2.64. The molecule has 0 spiro atoms. The minimum atomic E-state index is 0.118. The van der Waals surface area contributed by atoms with Crippen molar-refractivity contribution in [3.8, 4) is 0 Å². The van der Waals surface area contributed by atoms with Gasteiger partial charge in [-0.2, -0.15) is 0 Å². The first-order chi connectivity index (χ1) is 7.36. The maximum Gasteiger partial charge on any atom is 0.0532 e. The molecule has 3 atom stereocenters. The van der Waals surface area contributed by atoms with Crippen molar-refractivity contribution < 1.29 is 4.74 Å². The van der Waals surface area contributed by atoms with Crippen LogP contribution in [0.15, 0.2) is 24.3 Å². The Bertz CT molecular complexity index is 366. The molecule has 2 aliphatic rings. The Kier molecular flexibility index (Phi) is 2.15. The maximum absolute atomic E-state index is 6.28. The molecule has 0 radical (unpaired) electrons. The predicted octanol–water partition coefficient (Wildman–Crippen LogP) is 1.52. The summed E-state index contributed by atoms with van der Waals surface area (Å²) in [6.45, 7) is 1.64. The molecule has 3 N–H and O–H groups in total. The summed E-state index contributed by atoms with van der Waals surface area (Å²) in [5, 5.41) is 3.57. The molecule has 0 aromatic heterocycles. The second-order valence-electron chi connectivity index (χ2n) is 4.39. The molecule has 2 heterocycles. The molecule has 1 aromatic rings. The quantitative estimate of drug-likeness (QED) is 0.673. The molecule has 15 heavy (non-hydrogen) atoms. The summed E-state index contributed by atoms with van der Waals surface area (Å²) >= 11 is 0. The van der Waals surface area contributed by atoms with Gasteiger partial charge >= 0.3 is 0 Å². The average Bonchev–Trinajstić information content (AvgIpc) is 2.30. The van der Waals surface area contributed by atoms with Crippen LogP contribution in [0.5, 0.6) is 0 Å². The highest BCUT2D eigenvalue weighted by atomic mass is 16.5. The van der Waals surface area contributed by atoms with Gasteiger partial charge in [0.15, 0.2) is 0 Å². The van der Waals surface area contributed by atoms with Gasteiger partial charge in [-0.15, -0.1) is 0 Å². The number of benzene rings is 1. The van der Waals surface area contributed by atoms with Gasteiger partial charge in [-0.1, -0.05) is 18.2 Å². The second-order valence-corrected chi connectivity index (χ2v) is 4.39. The van der Waals surface area contributed by atoms with E-state index in [1.54, 1.807) is 0 Å². The third-order valence-corrected chi connectivity index (χ3v) is 3.52. The number of fused-ring (bicyclic) bond motifs is 2. The lowest BCUT2D eigenvalue weighted by molar-refractivity contribution is 0.0342. The normalized spacial score (nSPS) is 33.8. The largest absolute Gasteiger partial charge is 0.382 e. The predicted molar refractivity (Wildman–Crippen MR) is 59.7 cm³/mol. The van der Waals surface area contributed by atoms with Crippen LogP contribution in [0, 0.1) is 5.92 Å². The van der Waals surface area contributed by atoms with E-state index in [4.69, 9.17) is 10.5 Å². The summed E-state index contributed by atoms with van der Waals surface area (Å²) < 4.78 is 5.50. The van der Waals surface area contributed by atoms with Crippen molar-refractivity contribution in [2.75, 3.05) is 18.5 Å². The summed E-state index contributed by atoms with van der Waals surface area (Å²) in [5.41, 5.74) is 8.71. The molecule has 0 saturated carbocycles. The van der Waals surface area contributed by atoms with Crippen LogP contribution in [0.1, 0.15) is 18.0 Å². The smallest absolute Gasteiger partial charge is 0.0532 e. The van der Waals surface area contributed by atoms with Crippen LogP contribution in [-0.2, 0) is 4.74 Å². The Labute approximate surface area is 89.6 Å². The fourth-order valence-electron chi connectivity index (χ4n) is 2.64. The van der Waals surface area contributed by atoms with Crippen molar-refractivity contribution in [1.82, 2.24) is 0 Å². The monoisotopic (exact) mass is 204 g/mol. The maximum atomic E-state index is 6.28. The first kappa shape index (κ1) is 9.19. The van der Waals surface area contributed by atoms with E-state index in [1.165, 1.54) is 11.3 Å². The number of hydrogen-bond acceptors (Lipinski definition) is 3. The van der Waals surface area contributed by atoms with Gasteiger partial charge in [0, 0.05) is 30.3 Å². The molecule has 3 heteroatoms. The molecule has 80 valence electrons. The SMILES string of the molecule is NC1c2ccccc2NC2CCOCC21. The molecule has 1 saturated heterocycles. The summed E-state index contributed by atoms with van der Waals surface area (Å²) in [6.07, 6.45) is 1.06. The van der Waals surface area contributed by atoms with Crippen LogP contribution in [0.3, 0.4) is 0 Å². The molecular formula is C12H16N2O. The van der Waals surface area contributed by atoms with Gasteiger partial charge in [0.25, 0.3) is 0 Å². The number of anilines is 1. The molecule has 1 aromatic carbocycles. The van der Waals surface area contributed by atoms with E-state index in [9.17, 15) is 0 Å². The number of ether oxygens (including phenoxy) is 1. The van der Waals surface area contributed by atoms with Crippen LogP contribution >= 0.6 is 0 Å². The van der Waals surface area contributed by atoms with Gasteiger partial charge in [-0.25, -0.2) is 0 Å². The Hall–Kier alpha value is -1.06. The molecule has 3 nitrogen and oxygen atoms in total. The molecule has 1 fully saturated rings. The van der Waals surface area contributed by atoms with Gasteiger partial charge in [0.1, 0.15) is 0 Å². The Morgan fingerprint density at radius 1 is 1.33 bits per heavy atom. The Morgan fingerprint density at radius 2 is 2.20 bits per heavy atom. The molecule has 3 unspecified atom stereocenters. The fraction of sp³-hybridized carbons (Fsp3) is 0.500. The summed E-state index contributed by atoms with van der Waals surface area (Å²) in [7, 11) is 0. The zero-order valence-corrected chi connectivity index (χ0v) is 8.65. The van der Waals surface area contributed by atoms with Crippen LogP contribution < -0.4 is 11.1 Å². The standard InChI is InChI=1S/C12H16N2O/c13-12-8-3-1-2-4-10(8)14-11-5-6-15-7-9(11)12/h1-4,9,11-12,14H,5-7,13H2. The zero-order chi connectivity index (χ0) is 10.3. The van der Waals surface area contributed by atoms with Gasteiger partial charge in [0.05, 0.1) is 6.61 Å². The first-order valence-electron chi connectivity index (χ1n) is 5.55. The highest BCUT2D eigenvalue weighted by Gasteiger charge is 2.36. The molecule has 3 rings (SSSR count). The summed E-state index contributed by atoms with van der Waals surface area (Å²) in [5.74, 6) is 0.425. The van der Waals surface area contributed by atoms with E-state index in [2.05, 4.69) is 23.5 Å². The van der Waals surface area contributed by atoms with Gasteiger partial charge < -0.3 is 15.8 Å². The average molecular weight is 204 g/mol. The van der Waals surface area contributed by atoms with E-state index in [1.807, 2.05) is 6.07 Å². The van der Waals surface area contributed by atoms with E-state index >= 15 is 0 Å². The lowest BCUT2D eigenvalue weighted by Crippen LogP contribution is -2.46. The molecule has 0 bridgehead atoms. The van der Waals surface area contributed by atoms with E-state index in [-0.39, 0.29) is 6.04 Å². The van der Waals surface area contributed by atoms with Crippen molar-refractivity contribution in [2.45, 2.75) is 18.5 Å². The lowest BCUT2D eigenvalue weighted by Gasteiger charge is -2.41. The Balaban J connectivity index is 1.98. The van der Waals surface area contributed by atoms with E-state index in [0.29, 0.717) is 12.0 Å². The third kappa shape index (κ3) is 1.43. The van der Waals surface area contributed by atoms with Crippen molar-refractivity contribution in [1.29, 1.82) is 0 Å². The number of para-hydroxylation sites is 1. The number of nitrogens with two attached hydrogens (primary N) is 1. The molecule has 0 aliphatic carbocycles. The highest BCUT2D eigenvalue weighted by molar-refractivity contribution is 5.56. The molecule has 2 aliphatic heterocycles. The van der Waals surface area contributed by atoms with E-state index in [0.717, 1.165) is 19.6 Å². The topological polar surface area (TPSA) is 47.3 Å². The third-order valence-electron chi connectivity index (χ3n) is 3.52. The number of hydrogen-bond donors (Lipinski definition) is 2. The van der Waals surface area contributed by atoms with Crippen LogP contribution in [-0.4, -0.2) is 19.3 Å². The van der Waals surface area contributed by atoms with Gasteiger partial charge in [0.2, 0.25) is 0 Å². The molecular weight excluding hydrogens is 188 g/mol. The highest BCUT2D eigenvalue weighted by Crippen LogP contribution is 2.37. The molecule has 0 amide bonds. The summed E-state index contributed by atoms with van der Waals surface area (Å²) in [6, 6.07) is 8.93. The first-order valence-corrected chi connectivity index (χ1v) is 5.55. The van der Waals surface area contributed by atoms with E-state index < -0.39 is 0 Å². The van der Waals surface area contributed by atoms with Crippen LogP contribution in [0.25, 0.3) is 0 Å². The van der Waals surface area contributed by atoms with Gasteiger partial charge in [-0.3, -0.25) is 0 Å². The Morgan fingerprint density at radius 3 is 3.13 bits per heavy atom. The second kappa shape index (κ2) is 3.51. The zero-order valence-electron chi connectivity index (χ0n) is 8.65. The minimum absolute atomic E-state index is 0.118. The van der Waals surface area contributed by atoms with Crippen molar-refractivity contribution in [3.63, 3.8) is 0 Å².